The lowest BCUT2D eigenvalue weighted by Crippen LogP contribution is -2.14. The molecule has 0 bridgehead atoms. The molecule has 3 rings (SSSR count). The number of hydrogen-bond donors (Lipinski definition) is 1. The van der Waals surface area contributed by atoms with Crippen LogP contribution in [0.1, 0.15) is 26.3 Å². The molecule has 0 aliphatic heterocycles. The van der Waals surface area contributed by atoms with Crippen molar-refractivity contribution in [1.82, 2.24) is 14.8 Å². The summed E-state index contributed by atoms with van der Waals surface area (Å²) >= 11 is 3.01. The van der Waals surface area contributed by atoms with Crippen molar-refractivity contribution in [3.63, 3.8) is 0 Å². The molecule has 162 valence electrons. The zero-order valence-corrected chi connectivity index (χ0v) is 20.0. The summed E-state index contributed by atoms with van der Waals surface area (Å²) in [6, 6.07) is 16.2. The van der Waals surface area contributed by atoms with E-state index < -0.39 is 0 Å². The number of carbonyl (C=O) groups excluding carboxylic acids is 1. The lowest BCUT2D eigenvalue weighted by atomic mass is 9.87. The first kappa shape index (κ1) is 23.2. The van der Waals surface area contributed by atoms with E-state index in [0.717, 1.165) is 22.0 Å². The number of amides is 1. The smallest absolute Gasteiger partial charge is 0.234 e. The number of allylic oxidation sites excluding steroid dienone is 1. The molecule has 0 aliphatic rings. The highest BCUT2D eigenvalue weighted by Crippen LogP contribution is 2.28. The van der Waals surface area contributed by atoms with E-state index >= 15 is 0 Å². The Morgan fingerprint density at radius 3 is 2.55 bits per heavy atom. The number of nitrogens with zero attached hydrogens (tertiary/aromatic N) is 3. The van der Waals surface area contributed by atoms with Crippen LogP contribution in [0.2, 0.25) is 0 Å². The summed E-state index contributed by atoms with van der Waals surface area (Å²) < 4.78 is 1.99. The van der Waals surface area contributed by atoms with Crippen molar-refractivity contribution >= 4 is 35.1 Å². The van der Waals surface area contributed by atoms with Gasteiger partial charge in [0, 0.05) is 22.7 Å². The number of hydrogen-bond acceptors (Lipinski definition) is 5. The van der Waals surface area contributed by atoms with E-state index in [1.807, 2.05) is 41.2 Å². The summed E-state index contributed by atoms with van der Waals surface area (Å²) in [5.41, 5.74) is 3.15. The third kappa shape index (κ3) is 6.02. The molecule has 0 aliphatic carbocycles. The Morgan fingerprint density at radius 2 is 1.90 bits per heavy atom. The number of benzene rings is 2. The van der Waals surface area contributed by atoms with Gasteiger partial charge >= 0.3 is 0 Å². The number of aromatic nitrogens is 3. The first-order chi connectivity index (χ1) is 14.8. The molecule has 0 radical (unpaired) electrons. The summed E-state index contributed by atoms with van der Waals surface area (Å²) in [6.07, 6.45) is 3.83. The first-order valence-electron chi connectivity index (χ1n) is 10.0. The molecule has 0 fully saturated rings. The molecule has 0 unspecified atom stereocenters. The van der Waals surface area contributed by atoms with Crippen LogP contribution in [0, 0.1) is 0 Å². The van der Waals surface area contributed by atoms with E-state index in [1.54, 1.807) is 11.8 Å². The minimum Gasteiger partial charge on any atom is -0.325 e. The normalized spacial score (nSPS) is 11.4. The predicted molar refractivity (Wildman–Crippen MR) is 132 cm³/mol. The standard InChI is InChI=1S/C24H28N4OS2/c1-6-14-28-22(17-10-12-18(13-11-17)24(2,3)4)26-27-23(28)31-16-21(29)25-19-8-7-9-20(15-19)30-5/h6-13,15H,1,14,16H2,2-5H3,(H,25,29). The Balaban J connectivity index is 1.72. The van der Waals surface area contributed by atoms with Gasteiger partial charge in [0.05, 0.1) is 5.75 Å². The molecule has 1 heterocycles. The summed E-state index contributed by atoms with van der Waals surface area (Å²) in [7, 11) is 0. The molecule has 0 saturated carbocycles. The summed E-state index contributed by atoms with van der Waals surface area (Å²) in [5, 5.41) is 12.4. The minimum absolute atomic E-state index is 0.0764. The molecule has 1 N–H and O–H groups in total. The number of nitrogens with one attached hydrogen (secondary N) is 1. The van der Waals surface area contributed by atoms with Crippen LogP contribution in [0.5, 0.6) is 0 Å². The van der Waals surface area contributed by atoms with E-state index in [-0.39, 0.29) is 17.1 Å². The highest BCUT2D eigenvalue weighted by molar-refractivity contribution is 7.99. The minimum atomic E-state index is -0.0764. The van der Waals surface area contributed by atoms with E-state index in [2.05, 4.69) is 67.1 Å². The van der Waals surface area contributed by atoms with Crippen LogP contribution in [0.4, 0.5) is 5.69 Å². The van der Waals surface area contributed by atoms with E-state index in [9.17, 15) is 4.79 Å². The quantitative estimate of drug-likeness (QED) is 0.341. The maximum Gasteiger partial charge on any atom is 0.234 e. The van der Waals surface area contributed by atoms with Crippen LogP contribution in [0.25, 0.3) is 11.4 Å². The molecule has 2 aromatic carbocycles. The third-order valence-electron chi connectivity index (χ3n) is 4.72. The molecule has 31 heavy (non-hydrogen) atoms. The average molecular weight is 453 g/mol. The lowest BCUT2D eigenvalue weighted by molar-refractivity contribution is -0.113. The topological polar surface area (TPSA) is 59.8 Å². The fourth-order valence-electron chi connectivity index (χ4n) is 3.05. The Hall–Kier alpha value is -2.51. The van der Waals surface area contributed by atoms with Crippen LogP contribution < -0.4 is 5.32 Å². The van der Waals surface area contributed by atoms with Crippen molar-refractivity contribution in [3.05, 3.63) is 66.7 Å². The van der Waals surface area contributed by atoms with Gasteiger partial charge in [0.15, 0.2) is 11.0 Å². The second-order valence-corrected chi connectivity index (χ2v) is 9.92. The first-order valence-corrected chi connectivity index (χ1v) is 12.2. The van der Waals surface area contributed by atoms with Gasteiger partial charge in [-0.3, -0.25) is 9.36 Å². The Bertz CT molecular complexity index is 1050. The SMILES string of the molecule is C=CCn1c(SCC(=O)Nc2cccc(SC)c2)nnc1-c1ccc(C(C)(C)C)cc1. The Labute approximate surface area is 192 Å². The van der Waals surface area contributed by atoms with Crippen molar-refractivity contribution in [3.8, 4) is 11.4 Å². The maximum absolute atomic E-state index is 12.4. The summed E-state index contributed by atoms with van der Waals surface area (Å²) in [4.78, 5) is 13.6. The van der Waals surface area contributed by atoms with Crippen molar-refractivity contribution < 1.29 is 4.79 Å². The number of anilines is 1. The zero-order valence-electron chi connectivity index (χ0n) is 18.4. The molecular weight excluding hydrogens is 424 g/mol. The fraction of sp³-hybridized carbons (Fsp3) is 0.292. The van der Waals surface area contributed by atoms with Crippen molar-refractivity contribution in [1.29, 1.82) is 0 Å². The van der Waals surface area contributed by atoms with Crippen molar-refractivity contribution in [2.75, 3.05) is 17.3 Å². The largest absolute Gasteiger partial charge is 0.325 e. The highest BCUT2D eigenvalue weighted by atomic mass is 32.2. The van der Waals surface area contributed by atoms with Gasteiger partial charge in [0.2, 0.25) is 5.91 Å². The highest BCUT2D eigenvalue weighted by Gasteiger charge is 2.17. The van der Waals surface area contributed by atoms with Gasteiger partial charge in [-0.05, 0) is 35.4 Å². The average Bonchev–Trinajstić information content (AvgIpc) is 3.15. The third-order valence-corrected chi connectivity index (χ3v) is 6.42. The van der Waals surface area contributed by atoms with E-state index in [1.165, 1.54) is 17.3 Å². The molecule has 7 heteroatoms. The van der Waals surface area contributed by atoms with Gasteiger partial charge < -0.3 is 5.32 Å². The van der Waals surface area contributed by atoms with Gasteiger partial charge in [0.1, 0.15) is 0 Å². The zero-order chi connectivity index (χ0) is 22.4. The van der Waals surface area contributed by atoms with Crippen LogP contribution in [0.15, 0.2) is 71.2 Å². The maximum atomic E-state index is 12.4. The number of carbonyl (C=O) groups is 1. The van der Waals surface area contributed by atoms with Crippen molar-refractivity contribution in [2.24, 2.45) is 0 Å². The monoisotopic (exact) mass is 452 g/mol. The second kappa shape index (κ2) is 10.2. The lowest BCUT2D eigenvalue weighted by Gasteiger charge is -2.19. The molecule has 5 nitrogen and oxygen atoms in total. The Kier molecular flexibility index (Phi) is 7.62. The molecule has 3 aromatic rings. The summed E-state index contributed by atoms with van der Waals surface area (Å²) in [5.74, 6) is 0.949. The molecule has 1 aromatic heterocycles. The molecular formula is C24H28N4OS2. The van der Waals surface area contributed by atoms with Crippen molar-refractivity contribution in [2.45, 2.75) is 42.8 Å². The Morgan fingerprint density at radius 1 is 1.16 bits per heavy atom. The number of rotatable bonds is 8. The van der Waals surface area contributed by atoms with Crippen LogP contribution in [-0.2, 0) is 16.8 Å². The van der Waals surface area contributed by atoms with Gasteiger partial charge in [-0.2, -0.15) is 0 Å². The fourth-order valence-corrected chi connectivity index (χ4v) is 4.26. The van der Waals surface area contributed by atoms with E-state index in [4.69, 9.17) is 0 Å². The predicted octanol–water partition coefficient (Wildman–Crippen LogP) is 5.88. The van der Waals surface area contributed by atoms with Crippen LogP contribution in [-0.4, -0.2) is 32.7 Å². The van der Waals surface area contributed by atoms with Gasteiger partial charge in [-0.1, -0.05) is 68.9 Å². The van der Waals surface area contributed by atoms with Gasteiger partial charge in [0.25, 0.3) is 0 Å². The summed E-state index contributed by atoms with van der Waals surface area (Å²) in [6.45, 7) is 11.0. The van der Waals surface area contributed by atoms with Crippen LogP contribution >= 0.6 is 23.5 Å². The van der Waals surface area contributed by atoms with E-state index in [0.29, 0.717) is 11.7 Å². The molecule has 0 spiro atoms. The molecule has 1 amide bonds. The molecule has 0 atom stereocenters. The molecule has 0 saturated heterocycles. The van der Waals surface area contributed by atoms with Gasteiger partial charge in [-0.25, -0.2) is 0 Å². The second-order valence-electron chi connectivity index (χ2n) is 8.10. The van der Waals surface area contributed by atoms with Gasteiger partial charge in [-0.15, -0.1) is 28.5 Å². The number of thioether (sulfide) groups is 2. The van der Waals surface area contributed by atoms with Crippen LogP contribution in [0.3, 0.4) is 0 Å².